The number of nitro groups is 1. The fourth-order valence-corrected chi connectivity index (χ4v) is 1.57. The van der Waals surface area contributed by atoms with Gasteiger partial charge in [-0.15, -0.1) is 0 Å². The number of nitrogens with zero attached hydrogens (tertiary/aromatic N) is 3. The van der Waals surface area contributed by atoms with Crippen LogP contribution < -0.4 is 5.32 Å². The predicted molar refractivity (Wildman–Crippen MR) is 64.5 cm³/mol. The molecular weight excluding hydrogens is 262 g/mol. The average Bonchev–Trinajstić information content (AvgIpc) is 2.64. The van der Waals surface area contributed by atoms with Crippen LogP contribution in [0.2, 0.25) is 0 Å². The first-order chi connectivity index (χ1) is 8.69. The Bertz CT molecular complexity index is 474. The molecule has 1 heterocycles. The van der Waals surface area contributed by atoms with Gasteiger partial charge in [0.2, 0.25) is 5.82 Å². The Morgan fingerprint density at radius 3 is 2.58 bits per heavy atom. The van der Waals surface area contributed by atoms with E-state index in [4.69, 9.17) is 5.11 Å². The molecule has 1 aromatic heterocycles. The Morgan fingerprint density at radius 2 is 2.16 bits per heavy atom. The Hall–Kier alpha value is -1.77. The molecule has 0 saturated carbocycles. The van der Waals surface area contributed by atoms with E-state index in [0.717, 1.165) is 4.68 Å². The van der Waals surface area contributed by atoms with Crippen molar-refractivity contribution < 1.29 is 18.8 Å². The van der Waals surface area contributed by atoms with E-state index in [2.05, 4.69) is 10.4 Å². The molecule has 19 heavy (non-hydrogen) atoms. The number of aryl methyl sites for hydroxylation is 1. The van der Waals surface area contributed by atoms with Crippen molar-refractivity contribution in [2.75, 3.05) is 18.5 Å². The number of rotatable bonds is 6. The van der Waals surface area contributed by atoms with E-state index in [0.29, 0.717) is 0 Å². The summed E-state index contributed by atoms with van der Waals surface area (Å²) < 4.78 is 27.1. The molecule has 7 nitrogen and oxygen atoms in total. The summed E-state index contributed by atoms with van der Waals surface area (Å²) in [6.07, 6.45) is 0. The maximum Gasteiger partial charge on any atom is 0.334 e. The number of hydrogen-bond donors (Lipinski definition) is 2. The molecule has 0 atom stereocenters. The summed E-state index contributed by atoms with van der Waals surface area (Å²) in [4.78, 5) is 10.4. The lowest BCUT2D eigenvalue weighted by Gasteiger charge is -2.14. The molecular formula is C10H16F2N4O3. The van der Waals surface area contributed by atoms with Crippen molar-refractivity contribution in [2.24, 2.45) is 7.05 Å². The number of halogens is 2. The van der Waals surface area contributed by atoms with Crippen molar-refractivity contribution in [3.05, 3.63) is 15.8 Å². The first-order valence-electron chi connectivity index (χ1n) is 5.63. The molecule has 0 aliphatic heterocycles. The minimum atomic E-state index is -3.35. The number of anilines is 1. The van der Waals surface area contributed by atoms with Crippen LogP contribution in [0.15, 0.2) is 0 Å². The second-order valence-corrected chi connectivity index (χ2v) is 4.49. The first kappa shape index (κ1) is 15.3. The summed E-state index contributed by atoms with van der Waals surface area (Å²) in [5, 5.41) is 25.7. The number of alkyl halides is 2. The second kappa shape index (κ2) is 5.47. The fraction of sp³-hybridized carbons (Fsp3) is 0.700. The largest absolute Gasteiger partial charge is 0.390 e. The third-order valence-corrected chi connectivity index (χ3v) is 2.52. The molecule has 0 fully saturated rings. The van der Waals surface area contributed by atoms with Crippen LogP contribution >= 0.6 is 0 Å². The number of aromatic nitrogens is 2. The maximum atomic E-state index is 13.0. The molecule has 1 rings (SSSR count). The van der Waals surface area contributed by atoms with E-state index in [-0.39, 0.29) is 23.1 Å². The SMILES string of the molecule is CC(C)c1nn(C)c(NCC(F)(F)CO)c1[N+](=O)[O-]. The zero-order chi connectivity index (χ0) is 14.8. The normalized spacial score (nSPS) is 11.9. The van der Waals surface area contributed by atoms with Crippen LogP contribution in [0.4, 0.5) is 20.3 Å². The molecule has 108 valence electrons. The van der Waals surface area contributed by atoms with Gasteiger partial charge in [0.25, 0.3) is 5.92 Å². The van der Waals surface area contributed by atoms with Crippen LogP contribution in [0.25, 0.3) is 0 Å². The highest BCUT2D eigenvalue weighted by Crippen LogP contribution is 2.33. The highest BCUT2D eigenvalue weighted by molar-refractivity contribution is 5.60. The summed E-state index contributed by atoms with van der Waals surface area (Å²) in [7, 11) is 1.43. The molecule has 0 saturated heterocycles. The summed E-state index contributed by atoms with van der Waals surface area (Å²) in [5.74, 6) is -3.65. The minimum Gasteiger partial charge on any atom is -0.390 e. The Morgan fingerprint density at radius 1 is 1.58 bits per heavy atom. The number of hydrogen-bond acceptors (Lipinski definition) is 5. The molecule has 0 radical (unpaired) electrons. The molecule has 2 N–H and O–H groups in total. The predicted octanol–water partition coefficient (Wildman–Crippen LogP) is 1.49. The molecule has 0 unspecified atom stereocenters. The van der Waals surface area contributed by atoms with Gasteiger partial charge in [-0.1, -0.05) is 13.8 Å². The molecule has 1 aromatic rings. The van der Waals surface area contributed by atoms with Gasteiger partial charge in [0.1, 0.15) is 12.3 Å². The van der Waals surface area contributed by atoms with Gasteiger partial charge in [-0.3, -0.25) is 10.1 Å². The molecule has 0 spiro atoms. The maximum absolute atomic E-state index is 13.0. The first-order valence-corrected chi connectivity index (χ1v) is 5.63. The van der Waals surface area contributed by atoms with Gasteiger partial charge >= 0.3 is 5.69 Å². The quantitative estimate of drug-likeness (QED) is 0.607. The van der Waals surface area contributed by atoms with Crippen molar-refractivity contribution in [1.29, 1.82) is 0 Å². The lowest BCUT2D eigenvalue weighted by Crippen LogP contribution is -2.31. The van der Waals surface area contributed by atoms with Crippen molar-refractivity contribution in [1.82, 2.24) is 9.78 Å². The summed E-state index contributed by atoms with van der Waals surface area (Å²) in [5.41, 5.74) is -0.0893. The van der Waals surface area contributed by atoms with Gasteiger partial charge in [0, 0.05) is 13.0 Å². The minimum absolute atomic E-state index is 0.0955. The van der Waals surface area contributed by atoms with E-state index in [1.165, 1.54) is 7.05 Å². The van der Waals surface area contributed by atoms with E-state index >= 15 is 0 Å². The monoisotopic (exact) mass is 278 g/mol. The number of aliphatic hydroxyl groups is 1. The van der Waals surface area contributed by atoms with Gasteiger partial charge in [-0.2, -0.15) is 5.10 Å². The third-order valence-electron chi connectivity index (χ3n) is 2.52. The Balaban J connectivity index is 3.10. The van der Waals surface area contributed by atoms with Crippen LogP contribution in [-0.2, 0) is 7.05 Å². The Kier molecular flexibility index (Phi) is 4.40. The zero-order valence-corrected chi connectivity index (χ0v) is 10.9. The van der Waals surface area contributed by atoms with Crippen molar-refractivity contribution in [3.8, 4) is 0 Å². The fourth-order valence-electron chi connectivity index (χ4n) is 1.57. The molecule has 9 heteroatoms. The van der Waals surface area contributed by atoms with Gasteiger partial charge in [0.05, 0.1) is 11.5 Å². The second-order valence-electron chi connectivity index (χ2n) is 4.49. The smallest absolute Gasteiger partial charge is 0.334 e. The average molecular weight is 278 g/mol. The lowest BCUT2D eigenvalue weighted by atomic mass is 10.1. The summed E-state index contributed by atoms with van der Waals surface area (Å²) in [6, 6.07) is 0. The third kappa shape index (κ3) is 3.37. The van der Waals surface area contributed by atoms with Crippen molar-refractivity contribution in [3.63, 3.8) is 0 Å². The standard InChI is InChI=1S/C10H16F2N4O3/c1-6(2)7-8(16(18)19)9(15(3)14-7)13-4-10(11,12)5-17/h6,13,17H,4-5H2,1-3H3. The van der Waals surface area contributed by atoms with Crippen LogP contribution in [-0.4, -0.2) is 38.9 Å². The summed E-state index contributed by atoms with van der Waals surface area (Å²) in [6.45, 7) is 1.22. The van der Waals surface area contributed by atoms with Gasteiger partial charge < -0.3 is 10.4 Å². The van der Waals surface area contributed by atoms with E-state index in [1.807, 2.05) is 0 Å². The molecule has 0 aromatic carbocycles. The van der Waals surface area contributed by atoms with Crippen LogP contribution in [0, 0.1) is 10.1 Å². The van der Waals surface area contributed by atoms with Crippen LogP contribution in [0.5, 0.6) is 0 Å². The molecule has 0 amide bonds. The van der Waals surface area contributed by atoms with E-state index in [1.54, 1.807) is 13.8 Å². The van der Waals surface area contributed by atoms with Crippen molar-refractivity contribution in [2.45, 2.75) is 25.7 Å². The van der Waals surface area contributed by atoms with E-state index < -0.39 is 24.0 Å². The van der Waals surface area contributed by atoms with Gasteiger partial charge in [-0.25, -0.2) is 13.5 Å². The number of nitrogens with one attached hydrogen (secondary N) is 1. The topological polar surface area (TPSA) is 93.2 Å². The lowest BCUT2D eigenvalue weighted by molar-refractivity contribution is -0.384. The molecule has 0 aliphatic carbocycles. The van der Waals surface area contributed by atoms with Crippen molar-refractivity contribution >= 4 is 11.5 Å². The van der Waals surface area contributed by atoms with Gasteiger partial charge in [-0.05, 0) is 0 Å². The van der Waals surface area contributed by atoms with E-state index in [9.17, 15) is 18.9 Å². The van der Waals surface area contributed by atoms with Crippen LogP contribution in [0.3, 0.4) is 0 Å². The van der Waals surface area contributed by atoms with Crippen LogP contribution in [0.1, 0.15) is 25.5 Å². The van der Waals surface area contributed by atoms with Gasteiger partial charge in [0.15, 0.2) is 0 Å². The molecule has 0 bridgehead atoms. The zero-order valence-electron chi connectivity index (χ0n) is 10.9. The highest BCUT2D eigenvalue weighted by atomic mass is 19.3. The number of aliphatic hydroxyl groups excluding tert-OH is 1. The molecule has 0 aliphatic rings. The summed E-state index contributed by atoms with van der Waals surface area (Å²) >= 11 is 0. The Labute approximate surface area is 108 Å². The highest BCUT2D eigenvalue weighted by Gasteiger charge is 2.32.